The Labute approximate surface area is 201 Å². The zero-order valence-corrected chi connectivity index (χ0v) is 21.2. The molecule has 1 aliphatic heterocycles. The molecule has 0 aromatic heterocycles. The number of hydrogen-bond donors (Lipinski definition) is 1. The van der Waals surface area contributed by atoms with E-state index in [2.05, 4.69) is 0 Å². The van der Waals surface area contributed by atoms with Gasteiger partial charge in [0.2, 0.25) is 0 Å². The van der Waals surface area contributed by atoms with E-state index in [-0.39, 0.29) is 37.1 Å². The number of aliphatic hydroxyl groups is 1. The standard InChI is InChI=1S/C27H40F2O5/c1-6-25(32-7-2)33-15-22(31)27(34-25)16(3)12-18-19-13-20(28)17-10-8-9-11-23(17,4)26(19,29)21(30)14-24(18,27)5/h10,16,18-21,30H,6-9,11-15H2,1-5H3/t16-,18-,19-,20-,21-,23-,24-,25?,26-,27-/m0/s1. The highest BCUT2D eigenvalue weighted by atomic mass is 19.1. The lowest BCUT2D eigenvalue weighted by molar-refractivity contribution is -0.435. The van der Waals surface area contributed by atoms with Crippen LogP contribution in [0.5, 0.6) is 0 Å². The first kappa shape index (κ1) is 24.8. The average Bonchev–Trinajstić information content (AvgIpc) is 3.00. The van der Waals surface area contributed by atoms with E-state index in [9.17, 15) is 9.90 Å². The van der Waals surface area contributed by atoms with E-state index in [1.807, 2.05) is 40.7 Å². The summed E-state index contributed by atoms with van der Waals surface area (Å²) in [6.07, 6.45) is 2.44. The molecule has 0 radical (unpaired) electrons. The second kappa shape index (κ2) is 7.80. The van der Waals surface area contributed by atoms with E-state index in [1.165, 1.54) is 0 Å². The Balaban J connectivity index is 1.62. The summed E-state index contributed by atoms with van der Waals surface area (Å²) in [5.41, 5.74) is -4.59. The summed E-state index contributed by atoms with van der Waals surface area (Å²) in [7, 11) is 0. The van der Waals surface area contributed by atoms with Crippen molar-refractivity contribution in [2.24, 2.45) is 28.6 Å². The Morgan fingerprint density at radius 1 is 1.24 bits per heavy atom. The van der Waals surface area contributed by atoms with Gasteiger partial charge in [-0.1, -0.05) is 33.8 Å². The summed E-state index contributed by atoms with van der Waals surface area (Å²) >= 11 is 0. The van der Waals surface area contributed by atoms with Crippen molar-refractivity contribution in [1.82, 2.24) is 0 Å². The molecular formula is C27H40F2O5. The smallest absolute Gasteiger partial charge is 0.284 e. The first-order valence-electron chi connectivity index (χ1n) is 13.2. The Hall–Kier alpha value is -0.890. The Morgan fingerprint density at radius 3 is 2.65 bits per heavy atom. The molecule has 0 bridgehead atoms. The molecule has 1 spiro atoms. The summed E-state index contributed by atoms with van der Waals surface area (Å²) in [5, 5.41) is 11.6. The fraction of sp³-hybridized carbons (Fsp3) is 0.889. The number of rotatable bonds is 3. The van der Waals surface area contributed by atoms with Crippen LogP contribution in [0.4, 0.5) is 8.78 Å². The molecule has 5 rings (SSSR count). The number of hydrogen-bond acceptors (Lipinski definition) is 5. The van der Waals surface area contributed by atoms with E-state index in [1.54, 1.807) is 0 Å². The minimum Gasteiger partial charge on any atom is -0.390 e. The summed E-state index contributed by atoms with van der Waals surface area (Å²) in [6, 6.07) is 0. The molecule has 7 heteroatoms. The summed E-state index contributed by atoms with van der Waals surface area (Å²) in [4.78, 5) is 13.6. The number of Topliss-reactive ketones (excluding diaryl/α,β-unsaturated/α-hetero) is 1. The molecule has 0 aromatic carbocycles. The lowest BCUT2D eigenvalue weighted by atomic mass is 9.43. The molecule has 34 heavy (non-hydrogen) atoms. The molecule has 3 saturated carbocycles. The van der Waals surface area contributed by atoms with E-state index in [4.69, 9.17) is 14.2 Å². The van der Waals surface area contributed by atoms with Crippen molar-refractivity contribution in [2.45, 2.75) is 109 Å². The van der Waals surface area contributed by atoms with Gasteiger partial charge in [0, 0.05) is 29.8 Å². The molecule has 0 aromatic rings. The van der Waals surface area contributed by atoms with Crippen molar-refractivity contribution in [3.8, 4) is 0 Å². The van der Waals surface area contributed by atoms with Crippen LogP contribution >= 0.6 is 0 Å². The molecule has 5 nitrogen and oxygen atoms in total. The van der Waals surface area contributed by atoms with Gasteiger partial charge in [0.1, 0.15) is 24.0 Å². The van der Waals surface area contributed by atoms with Crippen LogP contribution in [-0.4, -0.2) is 53.6 Å². The number of ether oxygens (including phenoxy) is 3. The Kier molecular flexibility index (Phi) is 5.69. The number of allylic oxidation sites excluding steroid dienone is 2. The van der Waals surface area contributed by atoms with Gasteiger partial charge in [-0.05, 0) is 62.9 Å². The van der Waals surface area contributed by atoms with Gasteiger partial charge in [0.05, 0.1) is 6.10 Å². The Morgan fingerprint density at radius 2 is 1.97 bits per heavy atom. The minimum atomic E-state index is -1.94. The molecule has 0 amide bonds. The number of halogens is 2. The lowest BCUT2D eigenvalue weighted by Gasteiger charge is -2.65. The maximum absolute atomic E-state index is 17.4. The highest BCUT2D eigenvalue weighted by Crippen LogP contribution is 2.73. The maximum Gasteiger partial charge on any atom is 0.284 e. The van der Waals surface area contributed by atoms with Crippen molar-refractivity contribution in [3.05, 3.63) is 11.6 Å². The van der Waals surface area contributed by atoms with Gasteiger partial charge in [-0.3, -0.25) is 4.79 Å². The predicted molar refractivity (Wildman–Crippen MR) is 122 cm³/mol. The van der Waals surface area contributed by atoms with Crippen LogP contribution in [0.2, 0.25) is 0 Å². The third-order valence-electron chi connectivity index (χ3n) is 10.6. The quantitative estimate of drug-likeness (QED) is 0.570. The highest BCUT2D eigenvalue weighted by Gasteiger charge is 2.78. The fourth-order valence-corrected chi connectivity index (χ4v) is 9.07. The first-order valence-corrected chi connectivity index (χ1v) is 13.2. The fourth-order valence-electron chi connectivity index (χ4n) is 9.07. The van der Waals surface area contributed by atoms with Gasteiger partial charge in [-0.15, -0.1) is 0 Å². The molecule has 5 aliphatic rings. The van der Waals surface area contributed by atoms with Crippen molar-refractivity contribution in [2.75, 3.05) is 13.2 Å². The predicted octanol–water partition coefficient (Wildman–Crippen LogP) is 5.05. The van der Waals surface area contributed by atoms with Gasteiger partial charge in [0.25, 0.3) is 5.97 Å². The molecule has 1 N–H and O–H groups in total. The van der Waals surface area contributed by atoms with E-state index in [0.29, 0.717) is 31.4 Å². The SMILES string of the molecule is CCOC1(CC)OCC(=O)[C@@]2(O1)[C@@H](C)C[C@H]1[C@@H]3C[C@H](F)C4=CCCC[C@]4(C)[C@@]3(F)[C@@H](O)C[C@@]12C. The molecular weight excluding hydrogens is 442 g/mol. The molecule has 1 saturated heterocycles. The summed E-state index contributed by atoms with van der Waals surface area (Å²) < 4.78 is 51.3. The van der Waals surface area contributed by atoms with E-state index < -0.39 is 46.3 Å². The number of fused-ring (bicyclic) bond motifs is 6. The summed E-state index contributed by atoms with van der Waals surface area (Å²) in [5.74, 6) is -2.78. The van der Waals surface area contributed by atoms with Crippen LogP contribution in [0.3, 0.4) is 0 Å². The monoisotopic (exact) mass is 482 g/mol. The highest BCUT2D eigenvalue weighted by molar-refractivity contribution is 5.91. The molecule has 192 valence electrons. The normalized spacial score (nSPS) is 54.9. The van der Waals surface area contributed by atoms with Crippen LogP contribution in [0.15, 0.2) is 11.6 Å². The van der Waals surface area contributed by atoms with Crippen molar-refractivity contribution in [1.29, 1.82) is 0 Å². The molecule has 4 fully saturated rings. The van der Waals surface area contributed by atoms with Crippen LogP contribution in [-0.2, 0) is 19.0 Å². The van der Waals surface area contributed by atoms with Gasteiger partial charge >= 0.3 is 0 Å². The Bertz CT molecular complexity index is 894. The third kappa shape index (κ3) is 2.76. The third-order valence-corrected chi connectivity index (χ3v) is 10.6. The summed E-state index contributed by atoms with van der Waals surface area (Å²) in [6.45, 7) is 9.64. The van der Waals surface area contributed by atoms with Crippen LogP contribution in [0, 0.1) is 28.6 Å². The first-order chi connectivity index (χ1) is 16.0. The number of alkyl halides is 2. The zero-order chi connectivity index (χ0) is 24.7. The largest absolute Gasteiger partial charge is 0.390 e. The van der Waals surface area contributed by atoms with Crippen LogP contribution in [0.25, 0.3) is 0 Å². The average molecular weight is 483 g/mol. The second-order valence-corrected chi connectivity index (χ2v) is 11.9. The lowest BCUT2D eigenvalue weighted by Crippen LogP contribution is -2.73. The van der Waals surface area contributed by atoms with Crippen LogP contribution in [0.1, 0.15) is 79.6 Å². The zero-order valence-electron chi connectivity index (χ0n) is 21.2. The van der Waals surface area contributed by atoms with E-state index in [0.717, 1.165) is 12.8 Å². The van der Waals surface area contributed by atoms with Gasteiger partial charge < -0.3 is 19.3 Å². The minimum absolute atomic E-state index is 0.0348. The number of carbonyl (C=O) groups is 1. The second-order valence-electron chi connectivity index (χ2n) is 11.9. The topological polar surface area (TPSA) is 65.0 Å². The molecule has 1 unspecified atom stereocenters. The van der Waals surface area contributed by atoms with Crippen molar-refractivity contribution < 1.29 is 32.9 Å². The molecule has 4 aliphatic carbocycles. The van der Waals surface area contributed by atoms with Crippen molar-refractivity contribution >= 4 is 5.78 Å². The van der Waals surface area contributed by atoms with Crippen molar-refractivity contribution in [3.63, 3.8) is 0 Å². The van der Waals surface area contributed by atoms with Crippen LogP contribution < -0.4 is 0 Å². The number of aliphatic hydroxyl groups excluding tert-OH is 1. The molecule has 1 heterocycles. The number of ketones is 1. The van der Waals surface area contributed by atoms with Gasteiger partial charge in [-0.25, -0.2) is 8.78 Å². The van der Waals surface area contributed by atoms with E-state index >= 15 is 8.78 Å². The maximum atomic E-state index is 17.4. The van der Waals surface area contributed by atoms with Gasteiger partial charge in [-0.2, -0.15) is 0 Å². The number of carbonyl (C=O) groups excluding carboxylic acids is 1. The van der Waals surface area contributed by atoms with Gasteiger partial charge in [0.15, 0.2) is 5.78 Å². The molecule has 10 atom stereocenters.